The maximum Gasteiger partial charge on any atom is 0.248 e. The average molecular weight is 498 g/mol. The van der Waals surface area contributed by atoms with Crippen LogP contribution in [0.15, 0.2) is 37.2 Å². The molecule has 2 unspecified atom stereocenters. The molecule has 2 fully saturated rings. The van der Waals surface area contributed by atoms with E-state index < -0.39 is 4.87 Å². The second-order valence-corrected chi connectivity index (χ2v) is 9.70. The molecule has 2 N–H and O–H groups in total. The molecule has 11 heteroatoms. The molecule has 0 saturated carbocycles. The minimum Gasteiger partial charge on any atom is -0.383 e. The molecule has 35 heavy (non-hydrogen) atoms. The summed E-state index contributed by atoms with van der Waals surface area (Å²) in [4.78, 5) is 36.5. The van der Waals surface area contributed by atoms with Crippen molar-refractivity contribution in [2.75, 3.05) is 45.1 Å². The first-order valence-corrected chi connectivity index (χ1v) is 12.1. The topological polar surface area (TPSA) is 119 Å². The van der Waals surface area contributed by atoms with Gasteiger partial charge in [0, 0.05) is 32.6 Å². The van der Waals surface area contributed by atoms with Gasteiger partial charge in [-0.1, -0.05) is 24.8 Å². The van der Waals surface area contributed by atoms with Gasteiger partial charge in [-0.3, -0.25) is 9.59 Å². The summed E-state index contributed by atoms with van der Waals surface area (Å²) in [6, 6.07) is -0.0753. The number of hydrogen-bond donors (Lipinski definition) is 1. The van der Waals surface area contributed by atoms with Crippen molar-refractivity contribution in [1.82, 2.24) is 29.5 Å². The predicted molar refractivity (Wildman–Crippen MR) is 133 cm³/mol. The Bertz CT molecular complexity index is 1230. The fourth-order valence-electron chi connectivity index (χ4n) is 5.01. The number of nitrogen functional groups attached to an aromatic ring is 1. The van der Waals surface area contributed by atoms with E-state index in [4.69, 9.17) is 27.2 Å². The van der Waals surface area contributed by atoms with Gasteiger partial charge in [0.25, 0.3) is 0 Å². The first-order chi connectivity index (χ1) is 16.9. The third-order valence-corrected chi connectivity index (χ3v) is 7.23. The van der Waals surface area contributed by atoms with Gasteiger partial charge in [-0.25, -0.2) is 14.6 Å². The number of ether oxygens (including phenoxy) is 1. The highest BCUT2D eigenvalue weighted by Crippen LogP contribution is 2.40. The van der Waals surface area contributed by atoms with Crippen LogP contribution in [0.4, 0.5) is 5.82 Å². The van der Waals surface area contributed by atoms with E-state index in [9.17, 15) is 9.59 Å². The molecule has 0 bridgehead atoms. The number of nitrogens with two attached hydrogens (primary N) is 1. The molecule has 1 aliphatic carbocycles. The molecule has 4 heterocycles. The zero-order chi connectivity index (χ0) is 24.6. The molecule has 0 spiro atoms. The van der Waals surface area contributed by atoms with Gasteiger partial charge >= 0.3 is 0 Å². The Hall–Kier alpha value is -3.24. The number of alkyl halides is 1. The van der Waals surface area contributed by atoms with E-state index in [0.29, 0.717) is 61.9 Å². The fraction of sp³-hybridized carbons (Fsp3) is 0.458. The number of nitrogens with zero attached hydrogens (tertiary/aromatic N) is 6. The van der Waals surface area contributed by atoms with Gasteiger partial charge in [0.1, 0.15) is 22.7 Å². The summed E-state index contributed by atoms with van der Waals surface area (Å²) in [6.07, 6.45) is 10.1. The molecule has 2 amide bonds. The minimum atomic E-state index is -1.22. The third kappa shape index (κ3) is 4.32. The van der Waals surface area contributed by atoms with Crippen LogP contribution in [0.2, 0.25) is 0 Å². The van der Waals surface area contributed by atoms with E-state index >= 15 is 0 Å². The Balaban J connectivity index is 1.50. The van der Waals surface area contributed by atoms with Crippen LogP contribution in [0.25, 0.3) is 16.6 Å². The van der Waals surface area contributed by atoms with Crippen molar-refractivity contribution in [3.05, 3.63) is 42.9 Å². The highest BCUT2D eigenvalue weighted by molar-refractivity contribution is 6.37. The number of rotatable bonds is 4. The first-order valence-electron chi connectivity index (χ1n) is 11.8. The maximum atomic E-state index is 13.3. The summed E-state index contributed by atoms with van der Waals surface area (Å²) in [5.41, 5.74) is 8.28. The number of likely N-dealkylation sites (tertiary alicyclic amines) is 1. The molecule has 2 atom stereocenters. The van der Waals surface area contributed by atoms with Crippen molar-refractivity contribution in [2.24, 2.45) is 0 Å². The lowest BCUT2D eigenvalue weighted by molar-refractivity contribution is -0.136. The van der Waals surface area contributed by atoms with Crippen molar-refractivity contribution in [3.8, 4) is 0 Å². The summed E-state index contributed by atoms with van der Waals surface area (Å²) in [5, 5.41) is 5.54. The molecule has 10 nitrogen and oxygen atoms in total. The van der Waals surface area contributed by atoms with Crippen molar-refractivity contribution in [1.29, 1.82) is 0 Å². The number of carbonyl (C=O) groups excluding carboxylic acids is 2. The molecule has 0 aromatic carbocycles. The second kappa shape index (κ2) is 9.43. The number of hydrogen-bond acceptors (Lipinski definition) is 7. The van der Waals surface area contributed by atoms with Gasteiger partial charge in [0.05, 0.1) is 24.6 Å². The number of aromatic nitrogens is 4. The number of amides is 2. The summed E-state index contributed by atoms with van der Waals surface area (Å²) in [5.74, 6) is 0.0542. The Labute approximate surface area is 208 Å². The Morgan fingerprint density at radius 2 is 2.03 bits per heavy atom. The van der Waals surface area contributed by atoms with E-state index in [1.54, 1.807) is 22.0 Å². The molecule has 0 radical (unpaired) electrons. The van der Waals surface area contributed by atoms with E-state index in [1.165, 1.54) is 12.4 Å². The molecule has 2 aliphatic heterocycles. The van der Waals surface area contributed by atoms with Crippen LogP contribution in [-0.2, 0) is 14.3 Å². The first kappa shape index (κ1) is 23.5. The van der Waals surface area contributed by atoms with E-state index in [1.807, 2.05) is 10.8 Å². The minimum absolute atomic E-state index is 0.0753. The van der Waals surface area contributed by atoms with E-state index in [2.05, 4.69) is 16.5 Å². The van der Waals surface area contributed by atoms with Crippen LogP contribution in [0.5, 0.6) is 0 Å². The van der Waals surface area contributed by atoms with Crippen LogP contribution in [0.3, 0.4) is 0 Å². The lowest BCUT2D eigenvalue weighted by Gasteiger charge is -2.34. The number of carbonyl (C=O) groups is 2. The van der Waals surface area contributed by atoms with Crippen molar-refractivity contribution >= 4 is 45.8 Å². The van der Waals surface area contributed by atoms with Crippen LogP contribution in [-0.4, -0.2) is 85.6 Å². The highest BCUT2D eigenvalue weighted by atomic mass is 35.5. The number of fused-ring (bicyclic) bond motifs is 1. The number of piperidine rings is 1. The summed E-state index contributed by atoms with van der Waals surface area (Å²) >= 11 is 6.91. The third-order valence-electron chi connectivity index (χ3n) is 6.81. The van der Waals surface area contributed by atoms with Gasteiger partial charge in [-0.15, -0.1) is 11.6 Å². The smallest absolute Gasteiger partial charge is 0.248 e. The zero-order valence-electron chi connectivity index (χ0n) is 19.4. The largest absolute Gasteiger partial charge is 0.383 e. The lowest BCUT2D eigenvalue weighted by atomic mass is 9.89. The maximum absolute atomic E-state index is 13.3. The van der Waals surface area contributed by atoms with Gasteiger partial charge in [0.15, 0.2) is 5.65 Å². The standard InChI is InChI=1S/C24H28ClN7O3/c1-2-18(33)31-8-4-6-17(14-31)32-22-19(21(26)27-15-28-22)20(29-32)16-5-3-7-24(25,13-16)23(34)30-9-11-35-12-10-30/h2-3,5,7,15,17H,1,4,6,8-14H2,(H2,26,27,28). The number of allylic oxidation sites excluding steroid dienone is 3. The second-order valence-electron chi connectivity index (χ2n) is 9.03. The van der Waals surface area contributed by atoms with Crippen molar-refractivity contribution in [2.45, 2.75) is 30.2 Å². The molecule has 3 aliphatic rings. The van der Waals surface area contributed by atoms with Crippen LogP contribution in [0, 0.1) is 0 Å². The number of halogens is 1. The molecular formula is C24H28ClN7O3. The lowest BCUT2D eigenvalue weighted by Crippen LogP contribution is -2.49. The SMILES string of the molecule is C=CC(=O)N1CCCC(n2nc(C3=CC=CC(Cl)(C(=O)N4CCOCC4)C3)c3c(N)ncnc32)C1. The molecular weight excluding hydrogens is 470 g/mol. The number of morpholine rings is 1. The van der Waals surface area contributed by atoms with Gasteiger partial charge in [-0.2, -0.15) is 5.10 Å². The van der Waals surface area contributed by atoms with Crippen molar-refractivity contribution < 1.29 is 14.3 Å². The van der Waals surface area contributed by atoms with E-state index in [-0.39, 0.29) is 24.3 Å². The molecule has 5 rings (SSSR count). The number of anilines is 1. The molecule has 2 aromatic rings. The summed E-state index contributed by atoms with van der Waals surface area (Å²) in [6.45, 7) is 6.81. The fourth-order valence-corrected chi connectivity index (χ4v) is 5.35. The van der Waals surface area contributed by atoms with Gasteiger partial charge < -0.3 is 20.3 Å². The van der Waals surface area contributed by atoms with Crippen molar-refractivity contribution in [3.63, 3.8) is 0 Å². The zero-order valence-corrected chi connectivity index (χ0v) is 20.2. The van der Waals surface area contributed by atoms with Gasteiger partial charge in [-0.05, 0) is 24.5 Å². The Kier molecular flexibility index (Phi) is 6.33. The van der Waals surface area contributed by atoms with Crippen LogP contribution < -0.4 is 5.73 Å². The molecule has 184 valence electrons. The Morgan fingerprint density at radius 3 is 2.80 bits per heavy atom. The quantitative estimate of drug-likeness (QED) is 0.506. The summed E-state index contributed by atoms with van der Waals surface area (Å²) < 4.78 is 7.21. The predicted octanol–water partition coefficient (Wildman–Crippen LogP) is 1.94. The van der Waals surface area contributed by atoms with Gasteiger partial charge in [0.2, 0.25) is 11.8 Å². The average Bonchev–Trinajstić information content (AvgIpc) is 3.29. The monoisotopic (exact) mass is 497 g/mol. The Morgan fingerprint density at radius 1 is 1.23 bits per heavy atom. The van der Waals surface area contributed by atoms with Crippen LogP contribution in [0.1, 0.15) is 31.0 Å². The normalized spacial score (nSPS) is 24.9. The summed E-state index contributed by atoms with van der Waals surface area (Å²) in [7, 11) is 0. The van der Waals surface area contributed by atoms with Crippen LogP contribution >= 0.6 is 11.6 Å². The molecule has 2 saturated heterocycles. The molecule has 2 aromatic heterocycles. The van der Waals surface area contributed by atoms with E-state index in [0.717, 1.165) is 18.4 Å². The highest BCUT2D eigenvalue weighted by Gasteiger charge is 2.41.